The molecule has 3 N–H and O–H groups in total. The first-order valence-electron chi connectivity index (χ1n) is 4.24. The number of hydrogen-bond acceptors (Lipinski definition) is 2. The van der Waals surface area contributed by atoms with Crippen LogP contribution in [0.5, 0.6) is 0 Å². The van der Waals surface area contributed by atoms with Crippen LogP contribution >= 0.6 is 0 Å². The average Bonchev–Trinajstić information content (AvgIpc) is 2.78. The molecule has 0 spiro atoms. The summed E-state index contributed by atoms with van der Waals surface area (Å²) in [5, 5.41) is 2.79. The highest BCUT2D eigenvalue weighted by Gasteiger charge is 2.34. The molecule has 11 heavy (non-hydrogen) atoms. The van der Waals surface area contributed by atoms with Crippen molar-refractivity contribution in [2.45, 2.75) is 19.8 Å². The summed E-state index contributed by atoms with van der Waals surface area (Å²) < 4.78 is 0. The number of carbonyl (C=O) groups excluding carboxylic acids is 1. The number of hydrogen-bond donors (Lipinski definition) is 2. The Morgan fingerprint density at radius 2 is 2.36 bits per heavy atom. The smallest absolute Gasteiger partial charge is 0.233 e. The van der Waals surface area contributed by atoms with E-state index in [9.17, 15) is 4.79 Å². The van der Waals surface area contributed by atoms with Crippen molar-refractivity contribution in [3.05, 3.63) is 0 Å². The van der Waals surface area contributed by atoms with Gasteiger partial charge in [0.1, 0.15) is 0 Å². The molecule has 64 valence electrons. The van der Waals surface area contributed by atoms with Crippen LogP contribution in [0.15, 0.2) is 0 Å². The lowest BCUT2D eigenvalue weighted by molar-refractivity contribution is -0.119. The van der Waals surface area contributed by atoms with E-state index >= 15 is 0 Å². The van der Waals surface area contributed by atoms with Crippen molar-refractivity contribution in [3.8, 4) is 0 Å². The Morgan fingerprint density at radius 3 is 2.82 bits per heavy atom. The number of rotatable bonds is 4. The molecule has 2 unspecified atom stereocenters. The van der Waals surface area contributed by atoms with Crippen LogP contribution in [0.1, 0.15) is 19.8 Å². The second kappa shape index (κ2) is 3.72. The fourth-order valence-electron chi connectivity index (χ4n) is 1.38. The van der Waals surface area contributed by atoms with Gasteiger partial charge in [-0.25, -0.2) is 0 Å². The van der Waals surface area contributed by atoms with E-state index in [2.05, 4.69) is 12.2 Å². The highest BCUT2D eigenvalue weighted by Crippen LogP contribution is 2.40. The molecule has 0 bridgehead atoms. The Balaban J connectivity index is 2.01. The molecule has 0 saturated heterocycles. The van der Waals surface area contributed by atoms with E-state index in [1.54, 1.807) is 0 Å². The fourth-order valence-corrected chi connectivity index (χ4v) is 1.38. The summed E-state index contributed by atoms with van der Waals surface area (Å²) >= 11 is 0. The molecule has 0 heterocycles. The zero-order valence-corrected chi connectivity index (χ0v) is 6.97. The van der Waals surface area contributed by atoms with E-state index in [4.69, 9.17) is 5.73 Å². The second-order valence-corrected chi connectivity index (χ2v) is 3.17. The van der Waals surface area contributed by atoms with Crippen molar-refractivity contribution in [2.24, 2.45) is 17.6 Å². The van der Waals surface area contributed by atoms with Gasteiger partial charge in [-0.05, 0) is 18.3 Å². The van der Waals surface area contributed by atoms with Crippen LogP contribution in [-0.4, -0.2) is 19.0 Å². The van der Waals surface area contributed by atoms with E-state index in [0.29, 0.717) is 0 Å². The summed E-state index contributed by atoms with van der Waals surface area (Å²) in [6.07, 6.45) is 2.52. The molecule has 1 rings (SSSR count). The first-order valence-corrected chi connectivity index (χ1v) is 4.24. The lowest BCUT2D eigenvalue weighted by Gasteiger charge is -2.00. The molecular weight excluding hydrogens is 140 g/mol. The number of nitrogens with two attached hydrogens (primary N) is 1. The SMILES string of the molecule is CCC1CC1CNC(=O)CN. The molecular formula is C8H16N2O. The number of amides is 1. The number of nitrogens with one attached hydrogen (secondary N) is 1. The molecule has 1 amide bonds. The van der Waals surface area contributed by atoms with Crippen LogP contribution in [0.2, 0.25) is 0 Å². The topological polar surface area (TPSA) is 55.1 Å². The Labute approximate surface area is 67.3 Å². The molecule has 3 nitrogen and oxygen atoms in total. The van der Waals surface area contributed by atoms with Gasteiger partial charge in [0.05, 0.1) is 6.54 Å². The second-order valence-electron chi connectivity index (χ2n) is 3.17. The zero-order chi connectivity index (χ0) is 8.27. The first kappa shape index (κ1) is 8.53. The quantitative estimate of drug-likeness (QED) is 0.607. The molecule has 0 radical (unpaired) electrons. The monoisotopic (exact) mass is 156 g/mol. The summed E-state index contributed by atoms with van der Waals surface area (Å²) in [4.78, 5) is 10.7. The molecule has 1 fully saturated rings. The van der Waals surface area contributed by atoms with Crippen molar-refractivity contribution in [1.82, 2.24) is 5.32 Å². The molecule has 0 aromatic rings. The van der Waals surface area contributed by atoms with E-state index in [1.807, 2.05) is 0 Å². The highest BCUT2D eigenvalue weighted by molar-refractivity contribution is 5.77. The summed E-state index contributed by atoms with van der Waals surface area (Å²) in [6.45, 7) is 3.13. The molecule has 2 atom stereocenters. The Kier molecular flexibility index (Phi) is 2.88. The van der Waals surface area contributed by atoms with Gasteiger partial charge < -0.3 is 11.1 Å². The van der Waals surface area contributed by atoms with Gasteiger partial charge in [0.25, 0.3) is 0 Å². The summed E-state index contributed by atoms with van der Waals surface area (Å²) in [6, 6.07) is 0. The Morgan fingerprint density at radius 1 is 1.64 bits per heavy atom. The average molecular weight is 156 g/mol. The maximum absolute atomic E-state index is 10.7. The molecule has 0 aliphatic heterocycles. The normalized spacial score (nSPS) is 28.2. The van der Waals surface area contributed by atoms with Crippen LogP contribution in [-0.2, 0) is 4.79 Å². The third-order valence-corrected chi connectivity index (χ3v) is 2.34. The first-order chi connectivity index (χ1) is 5.27. The van der Waals surface area contributed by atoms with Gasteiger partial charge in [-0.3, -0.25) is 4.79 Å². The zero-order valence-electron chi connectivity index (χ0n) is 6.97. The minimum Gasteiger partial charge on any atom is -0.355 e. The summed E-state index contributed by atoms with van der Waals surface area (Å²) in [7, 11) is 0. The summed E-state index contributed by atoms with van der Waals surface area (Å²) in [5.41, 5.74) is 5.13. The van der Waals surface area contributed by atoms with Crippen LogP contribution in [0.4, 0.5) is 0 Å². The van der Waals surface area contributed by atoms with Crippen LogP contribution in [0.25, 0.3) is 0 Å². The van der Waals surface area contributed by atoms with Gasteiger partial charge in [-0.1, -0.05) is 13.3 Å². The van der Waals surface area contributed by atoms with Gasteiger partial charge in [-0.2, -0.15) is 0 Å². The van der Waals surface area contributed by atoms with Gasteiger partial charge in [0, 0.05) is 6.54 Å². The third kappa shape index (κ3) is 2.50. The van der Waals surface area contributed by atoms with Crippen LogP contribution < -0.4 is 11.1 Å². The van der Waals surface area contributed by atoms with Crippen molar-refractivity contribution in [2.75, 3.05) is 13.1 Å². The van der Waals surface area contributed by atoms with E-state index in [-0.39, 0.29) is 12.5 Å². The van der Waals surface area contributed by atoms with Crippen molar-refractivity contribution >= 4 is 5.91 Å². The molecule has 1 saturated carbocycles. The predicted octanol–water partition coefficient (Wildman–Crippen LogP) is 0.107. The minimum absolute atomic E-state index is 0.0354. The standard InChI is InChI=1S/C8H16N2O/c1-2-6-3-7(6)5-10-8(11)4-9/h6-7H,2-5,9H2,1H3,(H,10,11). The molecule has 0 aromatic heterocycles. The van der Waals surface area contributed by atoms with Crippen molar-refractivity contribution < 1.29 is 4.79 Å². The maximum Gasteiger partial charge on any atom is 0.233 e. The fraction of sp³-hybridized carbons (Fsp3) is 0.875. The Bertz CT molecular complexity index is 147. The van der Waals surface area contributed by atoms with Gasteiger partial charge in [-0.15, -0.1) is 0 Å². The largest absolute Gasteiger partial charge is 0.355 e. The van der Waals surface area contributed by atoms with Gasteiger partial charge in [0.2, 0.25) is 5.91 Å². The highest BCUT2D eigenvalue weighted by atomic mass is 16.1. The molecule has 1 aliphatic rings. The lowest BCUT2D eigenvalue weighted by Crippen LogP contribution is -2.31. The van der Waals surface area contributed by atoms with Crippen molar-refractivity contribution in [3.63, 3.8) is 0 Å². The van der Waals surface area contributed by atoms with Crippen molar-refractivity contribution in [1.29, 1.82) is 0 Å². The minimum atomic E-state index is -0.0354. The Hall–Kier alpha value is -0.570. The molecule has 1 aliphatic carbocycles. The molecule has 3 heteroatoms. The van der Waals surface area contributed by atoms with Crippen LogP contribution in [0.3, 0.4) is 0 Å². The van der Waals surface area contributed by atoms with E-state index in [1.165, 1.54) is 12.8 Å². The van der Waals surface area contributed by atoms with E-state index in [0.717, 1.165) is 18.4 Å². The van der Waals surface area contributed by atoms with E-state index < -0.39 is 0 Å². The van der Waals surface area contributed by atoms with Crippen LogP contribution in [0, 0.1) is 11.8 Å². The lowest BCUT2D eigenvalue weighted by atomic mass is 10.2. The van der Waals surface area contributed by atoms with Gasteiger partial charge in [0.15, 0.2) is 0 Å². The predicted molar refractivity (Wildman–Crippen MR) is 44.0 cm³/mol. The molecule has 0 aromatic carbocycles. The maximum atomic E-state index is 10.7. The number of carbonyl (C=O) groups is 1. The summed E-state index contributed by atoms with van der Waals surface area (Å²) in [5.74, 6) is 1.55. The van der Waals surface area contributed by atoms with Gasteiger partial charge >= 0.3 is 0 Å². The third-order valence-electron chi connectivity index (χ3n) is 2.34.